The van der Waals surface area contributed by atoms with E-state index in [1.54, 1.807) is 0 Å². The molecule has 0 aliphatic carbocycles. The summed E-state index contributed by atoms with van der Waals surface area (Å²) in [5, 5.41) is 6.98. The minimum atomic E-state index is 0.0498. The van der Waals surface area contributed by atoms with E-state index >= 15 is 0 Å². The molecular weight excluding hydrogens is 272 g/mol. The molecule has 2 N–H and O–H groups in total. The van der Waals surface area contributed by atoms with Gasteiger partial charge in [0.15, 0.2) is 0 Å². The van der Waals surface area contributed by atoms with Gasteiger partial charge in [0, 0.05) is 17.6 Å². The number of halogens is 1. The van der Waals surface area contributed by atoms with E-state index in [2.05, 4.69) is 31.4 Å². The third kappa shape index (κ3) is 6.40. The van der Waals surface area contributed by atoms with Crippen molar-refractivity contribution >= 4 is 17.5 Å². The van der Waals surface area contributed by atoms with E-state index in [-0.39, 0.29) is 11.9 Å². The second-order valence-corrected chi connectivity index (χ2v) is 5.91. The number of carbonyl (C=O) groups is 1. The third-order valence-electron chi connectivity index (χ3n) is 3.07. The second kappa shape index (κ2) is 8.98. The van der Waals surface area contributed by atoms with Crippen molar-refractivity contribution in [3.05, 3.63) is 34.9 Å². The molecule has 0 spiro atoms. The first kappa shape index (κ1) is 17.0. The molecule has 0 saturated carbocycles. The molecule has 1 aromatic rings. The van der Waals surface area contributed by atoms with E-state index in [0.29, 0.717) is 12.5 Å². The van der Waals surface area contributed by atoms with E-state index in [1.807, 2.05) is 24.3 Å². The molecule has 0 fully saturated rings. The van der Waals surface area contributed by atoms with Crippen LogP contribution in [0.2, 0.25) is 5.02 Å². The summed E-state index contributed by atoms with van der Waals surface area (Å²) < 4.78 is 0. The molecule has 3 nitrogen and oxygen atoms in total. The quantitative estimate of drug-likeness (QED) is 0.770. The smallest absolute Gasteiger partial charge is 0.233 e. The summed E-state index contributed by atoms with van der Waals surface area (Å²) in [5.74, 6) is 0.524. The van der Waals surface area contributed by atoms with Crippen molar-refractivity contribution in [1.29, 1.82) is 0 Å². The molecule has 0 radical (unpaired) electrons. The van der Waals surface area contributed by atoms with Gasteiger partial charge in [-0.2, -0.15) is 0 Å². The molecule has 0 aliphatic heterocycles. The number of amides is 1. The molecule has 1 rings (SSSR count). The molecule has 1 amide bonds. The van der Waals surface area contributed by atoms with Crippen LogP contribution in [0.25, 0.3) is 0 Å². The van der Waals surface area contributed by atoms with Gasteiger partial charge in [-0.15, -0.1) is 0 Å². The Bertz CT molecular complexity index is 403. The van der Waals surface area contributed by atoms with E-state index in [4.69, 9.17) is 11.6 Å². The van der Waals surface area contributed by atoms with E-state index in [9.17, 15) is 4.79 Å². The fourth-order valence-corrected chi connectivity index (χ4v) is 2.09. The normalized spacial score (nSPS) is 12.4. The fraction of sp³-hybridized carbons (Fsp3) is 0.562. The van der Waals surface area contributed by atoms with Gasteiger partial charge < -0.3 is 10.6 Å². The predicted octanol–water partition coefficient (Wildman–Crippen LogP) is 3.54. The summed E-state index contributed by atoms with van der Waals surface area (Å²) in [6.07, 6.45) is 2.06. The Balaban J connectivity index is 2.50. The molecule has 1 unspecified atom stereocenters. The van der Waals surface area contributed by atoms with Crippen molar-refractivity contribution in [2.75, 3.05) is 13.1 Å². The lowest BCUT2D eigenvalue weighted by atomic mass is 10.0. The van der Waals surface area contributed by atoms with Gasteiger partial charge in [0.05, 0.1) is 6.54 Å². The fourth-order valence-electron chi connectivity index (χ4n) is 1.97. The molecule has 0 aliphatic rings. The summed E-state index contributed by atoms with van der Waals surface area (Å²) in [5.41, 5.74) is 1.17. The first-order chi connectivity index (χ1) is 9.52. The standard InChI is InChI=1S/C16H25ClN2O/c1-4-5-15(13-6-8-14(17)9-7-13)18-11-16(20)19-10-12(2)3/h6-9,12,15,18H,4-5,10-11H2,1-3H3,(H,19,20). The summed E-state index contributed by atoms with van der Waals surface area (Å²) in [4.78, 5) is 11.7. The summed E-state index contributed by atoms with van der Waals surface area (Å²) in [7, 11) is 0. The summed E-state index contributed by atoms with van der Waals surface area (Å²) >= 11 is 5.91. The molecule has 4 heteroatoms. The summed E-state index contributed by atoms with van der Waals surface area (Å²) in [6, 6.07) is 8.01. The third-order valence-corrected chi connectivity index (χ3v) is 3.32. The van der Waals surface area contributed by atoms with Crippen LogP contribution in [0.5, 0.6) is 0 Å². The Morgan fingerprint density at radius 3 is 2.45 bits per heavy atom. The van der Waals surface area contributed by atoms with Gasteiger partial charge in [-0.05, 0) is 30.0 Å². The SMILES string of the molecule is CCCC(NCC(=O)NCC(C)C)c1ccc(Cl)cc1. The maximum atomic E-state index is 11.7. The first-order valence-electron chi connectivity index (χ1n) is 7.28. The van der Waals surface area contributed by atoms with Crippen LogP contribution in [-0.4, -0.2) is 19.0 Å². The van der Waals surface area contributed by atoms with Gasteiger partial charge in [-0.25, -0.2) is 0 Å². The Hall–Kier alpha value is -1.06. The molecule has 0 bridgehead atoms. The Morgan fingerprint density at radius 1 is 1.25 bits per heavy atom. The van der Waals surface area contributed by atoms with Gasteiger partial charge in [-0.3, -0.25) is 4.79 Å². The van der Waals surface area contributed by atoms with Crippen LogP contribution < -0.4 is 10.6 Å². The van der Waals surface area contributed by atoms with Crippen LogP contribution in [0, 0.1) is 5.92 Å². The van der Waals surface area contributed by atoms with Gasteiger partial charge >= 0.3 is 0 Å². The zero-order chi connectivity index (χ0) is 15.0. The van der Waals surface area contributed by atoms with Crippen LogP contribution in [0.4, 0.5) is 0 Å². The number of carbonyl (C=O) groups excluding carboxylic acids is 1. The van der Waals surface area contributed by atoms with Crippen LogP contribution in [0.15, 0.2) is 24.3 Å². The Labute approximate surface area is 127 Å². The molecule has 0 aromatic heterocycles. The number of hydrogen-bond acceptors (Lipinski definition) is 2. The van der Waals surface area contributed by atoms with Crippen molar-refractivity contribution in [2.45, 2.75) is 39.7 Å². The molecule has 0 heterocycles. The zero-order valence-corrected chi connectivity index (χ0v) is 13.3. The molecule has 112 valence electrons. The molecule has 1 atom stereocenters. The van der Waals surface area contributed by atoms with Gasteiger partial charge in [0.2, 0.25) is 5.91 Å². The average Bonchev–Trinajstić information content (AvgIpc) is 2.42. The highest BCUT2D eigenvalue weighted by Crippen LogP contribution is 2.20. The topological polar surface area (TPSA) is 41.1 Å². The number of rotatable bonds is 8. The number of benzene rings is 1. The lowest BCUT2D eigenvalue weighted by Gasteiger charge is -2.19. The molecule has 1 aromatic carbocycles. The molecule has 0 saturated heterocycles. The molecular formula is C16H25ClN2O. The van der Waals surface area contributed by atoms with Gasteiger partial charge in [0.25, 0.3) is 0 Å². The highest BCUT2D eigenvalue weighted by Gasteiger charge is 2.12. The largest absolute Gasteiger partial charge is 0.355 e. The lowest BCUT2D eigenvalue weighted by molar-refractivity contribution is -0.120. The monoisotopic (exact) mass is 296 g/mol. The predicted molar refractivity (Wildman–Crippen MR) is 85.0 cm³/mol. The summed E-state index contributed by atoms with van der Waals surface area (Å²) in [6.45, 7) is 7.38. The van der Waals surface area contributed by atoms with Crippen LogP contribution >= 0.6 is 11.6 Å². The van der Waals surface area contributed by atoms with Crippen molar-refractivity contribution in [3.63, 3.8) is 0 Å². The minimum absolute atomic E-state index is 0.0498. The second-order valence-electron chi connectivity index (χ2n) is 5.47. The maximum Gasteiger partial charge on any atom is 0.233 e. The van der Waals surface area contributed by atoms with E-state index in [1.165, 1.54) is 5.56 Å². The highest BCUT2D eigenvalue weighted by atomic mass is 35.5. The van der Waals surface area contributed by atoms with Crippen LogP contribution in [-0.2, 0) is 4.79 Å². The van der Waals surface area contributed by atoms with Crippen LogP contribution in [0.1, 0.15) is 45.2 Å². The van der Waals surface area contributed by atoms with Crippen molar-refractivity contribution in [1.82, 2.24) is 10.6 Å². The highest BCUT2D eigenvalue weighted by molar-refractivity contribution is 6.30. The number of hydrogen-bond donors (Lipinski definition) is 2. The van der Waals surface area contributed by atoms with Gasteiger partial charge in [-0.1, -0.05) is 50.9 Å². The Kier molecular flexibility index (Phi) is 7.63. The van der Waals surface area contributed by atoms with E-state index < -0.39 is 0 Å². The minimum Gasteiger partial charge on any atom is -0.355 e. The van der Waals surface area contributed by atoms with Crippen molar-refractivity contribution < 1.29 is 4.79 Å². The van der Waals surface area contributed by atoms with Crippen LogP contribution in [0.3, 0.4) is 0 Å². The first-order valence-corrected chi connectivity index (χ1v) is 7.66. The van der Waals surface area contributed by atoms with E-state index in [0.717, 1.165) is 24.4 Å². The molecule has 20 heavy (non-hydrogen) atoms. The maximum absolute atomic E-state index is 11.7. The van der Waals surface area contributed by atoms with Gasteiger partial charge in [0.1, 0.15) is 0 Å². The Morgan fingerprint density at radius 2 is 1.90 bits per heavy atom. The zero-order valence-electron chi connectivity index (χ0n) is 12.6. The average molecular weight is 297 g/mol. The van der Waals surface area contributed by atoms with Crippen molar-refractivity contribution in [2.24, 2.45) is 5.92 Å². The lowest BCUT2D eigenvalue weighted by Crippen LogP contribution is -2.37. The van der Waals surface area contributed by atoms with Crippen molar-refractivity contribution in [3.8, 4) is 0 Å². The number of nitrogens with one attached hydrogen (secondary N) is 2.